The lowest BCUT2D eigenvalue weighted by Gasteiger charge is -2.22. The van der Waals surface area contributed by atoms with Gasteiger partial charge < -0.3 is 21.3 Å². The quantitative estimate of drug-likeness (QED) is 0.740. The van der Waals surface area contributed by atoms with Gasteiger partial charge in [-0.3, -0.25) is 4.79 Å². The van der Waals surface area contributed by atoms with Gasteiger partial charge in [-0.15, -0.1) is 12.4 Å². The number of nitrogens with one attached hydrogen (secondary N) is 2. The normalized spacial score (nSPS) is 19.5. The first kappa shape index (κ1) is 20.2. The number of carbonyl (C=O) groups excluding carboxylic acids is 2. The zero-order valence-corrected chi connectivity index (χ0v) is 14.5. The van der Waals surface area contributed by atoms with Crippen molar-refractivity contribution in [1.82, 2.24) is 15.5 Å². The molecule has 3 amide bonds. The van der Waals surface area contributed by atoms with E-state index in [1.54, 1.807) is 17.0 Å². The van der Waals surface area contributed by atoms with Crippen molar-refractivity contribution < 1.29 is 14.0 Å². The first-order chi connectivity index (χ1) is 10.9. The molecule has 24 heavy (non-hydrogen) atoms. The van der Waals surface area contributed by atoms with Crippen molar-refractivity contribution in [2.75, 3.05) is 26.2 Å². The number of hydrogen-bond acceptors (Lipinski definition) is 3. The van der Waals surface area contributed by atoms with Crippen molar-refractivity contribution in [3.05, 3.63) is 35.6 Å². The van der Waals surface area contributed by atoms with Crippen LogP contribution in [0.4, 0.5) is 9.18 Å². The molecule has 0 aliphatic carbocycles. The summed E-state index contributed by atoms with van der Waals surface area (Å²) in [6.45, 7) is 4.13. The van der Waals surface area contributed by atoms with Gasteiger partial charge in [0.05, 0.1) is 6.54 Å². The van der Waals surface area contributed by atoms with Crippen molar-refractivity contribution in [3.63, 3.8) is 0 Å². The molecule has 4 N–H and O–H groups in total. The Bertz CT molecular complexity index is 570. The minimum atomic E-state index is -0.427. The van der Waals surface area contributed by atoms with Gasteiger partial charge in [-0.2, -0.15) is 0 Å². The van der Waals surface area contributed by atoms with Crippen molar-refractivity contribution in [2.45, 2.75) is 19.9 Å². The van der Waals surface area contributed by atoms with E-state index in [0.29, 0.717) is 19.6 Å². The van der Waals surface area contributed by atoms with Crippen LogP contribution in [-0.2, 0) is 11.3 Å². The van der Waals surface area contributed by atoms with E-state index in [4.69, 9.17) is 5.73 Å². The van der Waals surface area contributed by atoms with Gasteiger partial charge in [0.1, 0.15) is 5.82 Å². The summed E-state index contributed by atoms with van der Waals surface area (Å²) in [6, 6.07) is 5.43. The zero-order valence-electron chi connectivity index (χ0n) is 13.7. The first-order valence-corrected chi connectivity index (χ1v) is 7.66. The Hall–Kier alpha value is -1.86. The second-order valence-corrected chi connectivity index (χ2v) is 6.24. The summed E-state index contributed by atoms with van der Waals surface area (Å²) in [7, 11) is 0. The maximum atomic E-state index is 12.8. The lowest BCUT2D eigenvalue weighted by molar-refractivity contribution is -0.129. The molecule has 0 bridgehead atoms. The van der Waals surface area contributed by atoms with E-state index in [9.17, 15) is 14.0 Å². The van der Waals surface area contributed by atoms with Gasteiger partial charge in [0.25, 0.3) is 0 Å². The number of halogens is 2. The molecule has 1 aromatic rings. The summed E-state index contributed by atoms with van der Waals surface area (Å²) in [5, 5.41) is 5.17. The fourth-order valence-corrected chi connectivity index (χ4v) is 2.52. The van der Waals surface area contributed by atoms with Crippen LogP contribution in [0.3, 0.4) is 0 Å². The molecule has 1 fully saturated rings. The van der Waals surface area contributed by atoms with E-state index >= 15 is 0 Å². The highest BCUT2D eigenvalue weighted by Gasteiger charge is 2.34. The number of nitrogens with two attached hydrogens (primary N) is 1. The van der Waals surface area contributed by atoms with Crippen molar-refractivity contribution in [2.24, 2.45) is 11.1 Å². The maximum Gasteiger partial charge on any atom is 0.315 e. The monoisotopic (exact) mass is 358 g/mol. The van der Waals surface area contributed by atoms with E-state index < -0.39 is 6.03 Å². The van der Waals surface area contributed by atoms with Crippen LogP contribution in [0.25, 0.3) is 0 Å². The van der Waals surface area contributed by atoms with Crippen LogP contribution in [0.15, 0.2) is 24.3 Å². The molecule has 1 saturated heterocycles. The average Bonchev–Trinajstić information content (AvgIpc) is 2.95. The van der Waals surface area contributed by atoms with Crippen LogP contribution < -0.4 is 16.4 Å². The Morgan fingerprint density at radius 1 is 1.29 bits per heavy atom. The molecule has 1 heterocycles. The lowest BCUT2D eigenvalue weighted by Crippen LogP contribution is -2.43. The molecule has 1 atom stereocenters. The number of benzene rings is 1. The van der Waals surface area contributed by atoms with Gasteiger partial charge in [0, 0.05) is 19.6 Å². The van der Waals surface area contributed by atoms with E-state index in [2.05, 4.69) is 17.6 Å². The lowest BCUT2D eigenvalue weighted by atomic mass is 9.90. The number of rotatable bonds is 5. The third-order valence-corrected chi connectivity index (χ3v) is 4.17. The fourth-order valence-electron chi connectivity index (χ4n) is 2.52. The molecule has 134 valence electrons. The van der Waals surface area contributed by atoms with Crippen LogP contribution in [-0.4, -0.2) is 43.0 Å². The zero-order chi connectivity index (χ0) is 16.9. The second kappa shape index (κ2) is 8.84. The molecule has 0 saturated carbocycles. The molecule has 2 rings (SSSR count). The van der Waals surface area contributed by atoms with Gasteiger partial charge >= 0.3 is 6.03 Å². The Balaban J connectivity index is 0.00000288. The predicted octanol–water partition coefficient (Wildman–Crippen LogP) is 1.24. The van der Waals surface area contributed by atoms with E-state index in [-0.39, 0.29) is 42.6 Å². The van der Waals surface area contributed by atoms with Crippen LogP contribution >= 0.6 is 12.4 Å². The number of urea groups is 1. The summed E-state index contributed by atoms with van der Waals surface area (Å²) in [6.07, 6.45) is 0.881. The van der Waals surface area contributed by atoms with Crippen LogP contribution in [0.2, 0.25) is 0 Å². The number of likely N-dealkylation sites (tertiary alicyclic amines) is 1. The number of nitrogens with zero attached hydrogens (tertiary/aromatic N) is 1. The summed E-state index contributed by atoms with van der Waals surface area (Å²) < 4.78 is 12.8. The number of amides is 3. The average molecular weight is 359 g/mol. The topological polar surface area (TPSA) is 87.5 Å². The smallest absolute Gasteiger partial charge is 0.315 e. The molecule has 1 aromatic carbocycles. The Kier molecular flexibility index (Phi) is 7.44. The molecule has 6 nitrogen and oxygen atoms in total. The fraction of sp³-hybridized carbons (Fsp3) is 0.500. The highest BCUT2D eigenvalue weighted by molar-refractivity contribution is 5.85. The van der Waals surface area contributed by atoms with E-state index in [1.165, 1.54) is 12.1 Å². The third-order valence-electron chi connectivity index (χ3n) is 4.17. The molecule has 8 heteroatoms. The van der Waals surface area contributed by atoms with Gasteiger partial charge in [-0.05, 0) is 36.1 Å². The molecule has 0 radical (unpaired) electrons. The molecular formula is C16H24ClFN4O2. The van der Waals surface area contributed by atoms with Crippen molar-refractivity contribution in [3.8, 4) is 0 Å². The summed E-state index contributed by atoms with van der Waals surface area (Å²) >= 11 is 0. The third kappa shape index (κ3) is 5.65. The van der Waals surface area contributed by atoms with E-state index in [0.717, 1.165) is 12.0 Å². The van der Waals surface area contributed by atoms with E-state index in [1.807, 2.05) is 0 Å². The van der Waals surface area contributed by atoms with Crippen LogP contribution in [0.5, 0.6) is 0 Å². The first-order valence-electron chi connectivity index (χ1n) is 7.66. The molecule has 1 aliphatic rings. The van der Waals surface area contributed by atoms with Gasteiger partial charge in [0.2, 0.25) is 5.91 Å². The highest BCUT2D eigenvalue weighted by Crippen LogP contribution is 2.28. The molecular weight excluding hydrogens is 335 g/mol. The summed E-state index contributed by atoms with van der Waals surface area (Å²) in [4.78, 5) is 25.5. The van der Waals surface area contributed by atoms with Gasteiger partial charge in [0.15, 0.2) is 0 Å². The Morgan fingerprint density at radius 2 is 1.96 bits per heavy atom. The number of carbonyl (C=O) groups is 2. The summed E-state index contributed by atoms with van der Waals surface area (Å²) in [5.41, 5.74) is 6.47. The molecule has 0 aromatic heterocycles. The number of hydrogen-bond donors (Lipinski definition) is 3. The Morgan fingerprint density at radius 3 is 2.54 bits per heavy atom. The van der Waals surface area contributed by atoms with Crippen LogP contribution in [0, 0.1) is 11.2 Å². The minimum Gasteiger partial charge on any atom is -0.341 e. The highest BCUT2D eigenvalue weighted by atomic mass is 35.5. The molecule has 1 unspecified atom stereocenters. The van der Waals surface area contributed by atoms with Crippen molar-refractivity contribution in [1.29, 1.82) is 0 Å². The van der Waals surface area contributed by atoms with Crippen LogP contribution in [0.1, 0.15) is 18.9 Å². The summed E-state index contributed by atoms with van der Waals surface area (Å²) in [5.74, 6) is -0.432. The van der Waals surface area contributed by atoms with Crippen molar-refractivity contribution >= 4 is 24.3 Å². The predicted molar refractivity (Wildman–Crippen MR) is 92.2 cm³/mol. The largest absolute Gasteiger partial charge is 0.341 e. The van der Waals surface area contributed by atoms with Gasteiger partial charge in [-0.25, -0.2) is 9.18 Å². The molecule has 1 aliphatic heterocycles. The standard InChI is InChI=1S/C16H23FN4O2.ClH/c1-16(10-18)6-7-21(11-16)14(22)9-20-15(23)19-8-12-2-4-13(17)5-3-12;/h2-5H,6-11,18H2,1H3,(H2,19,20,23);1H. The molecule has 0 spiro atoms. The Labute approximate surface area is 147 Å². The maximum absolute atomic E-state index is 12.8. The second-order valence-electron chi connectivity index (χ2n) is 6.24. The minimum absolute atomic E-state index is 0. The SMILES string of the molecule is CC1(CN)CCN(C(=O)CNC(=O)NCc2ccc(F)cc2)C1.Cl. The van der Waals surface area contributed by atoms with Gasteiger partial charge in [-0.1, -0.05) is 19.1 Å².